The lowest BCUT2D eigenvalue weighted by Gasteiger charge is -2.25. The number of thioether (sulfide) groups is 1. The van der Waals surface area contributed by atoms with Crippen molar-refractivity contribution in [2.75, 3.05) is 20.0 Å². The minimum atomic E-state index is -0.521. The highest BCUT2D eigenvalue weighted by Crippen LogP contribution is 2.26. The van der Waals surface area contributed by atoms with Crippen LogP contribution >= 0.6 is 27.7 Å². The van der Waals surface area contributed by atoms with Gasteiger partial charge in [-0.25, -0.2) is 0 Å². The quantitative estimate of drug-likeness (QED) is 0.610. The molecule has 15 heavy (non-hydrogen) atoms. The van der Waals surface area contributed by atoms with E-state index in [-0.39, 0.29) is 0 Å². The normalized spacial score (nSPS) is 11.7. The molecule has 2 nitrogen and oxygen atoms in total. The molecule has 0 atom stereocenters. The van der Waals surface area contributed by atoms with Gasteiger partial charge in [-0.3, -0.25) is 0 Å². The second-order valence-electron chi connectivity index (χ2n) is 3.29. The zero-order valence-electron chi connectivity index (χ0n) is 9.12. The summed E-state index contributed by atoms with van der Waals surface area (Å²) in [4.78, 5) is 1.20. The predicted molar refractivity (Wildman–Crippen MR) is 67.3 cm³/mol. The first kappa shape index (κ1) is 13.0. The summed E-state index contributed by atoms with van der Waals surface area (Å²) < 4.78 is 11.7. The molecule has 0 unspecified atom stereocenters. The van der Waals surface area contributed by atoms with Gasteiger partial charge in [0.05, 0.1) is 5.75 Å². The van der Waals surface area contributed by atoms with Crippen LogP contribution in [-0.4, -0.2) is 25.8 Å². The third kappa shape index (κ3) is 4.15. The van der Waals surface area contributed by atoms with Gasteiger partial charge in [0.15, 0.2) is 5.79 Å². The topological polar surface area (TPSA) is 18.5 Å². The van der Waals surface area contributed by atoms with Crippen molar-refractivity contribution in [3.63, 3.8) is 0 Å². The van der Waals surface area contributed by atoms with Crippen molar-refractivity contribution in [2.45, 2.75) is 17.6 Å². The second kappa shape index (κ2) is 5.89. The van der Waals surface area contributed by atoms with Crippen LogP contribution in [0.2, 0.25) is 0 Å². The standard InChI is InChI=1S/C11H15BrO2S/c1-11(13-2,14-3)8-15-10-6-4-5-9(12)7-10/h4-7H,8H2,1-3H3. The Kier molecular flexibility index (Phi) is 5.12. The minimum absolute atomic E-state index is 0.521. The highest BCUT2D eigenvalue weighted by Gasteiger charge is 2.22. The molecule has 0 radical (unpaired) electrons. The fraction of sp³-hybridized carbons (Fsp3) is 0.455. The van der Waals surface area contributed by atoms with Crippen LogP contribution in [0.4, 0.5) is 0 Å². The lowest BCUT2D eigenvalue weighted by atomic mass is 10.4. The van der Waals surface area contributed by atoms with E-state index >= 15 is 0 Å². The Hall–Kier alpha value is -0.0300. The van der Waals surface area contributed by atoms with E-state index in [1.165, 1.54) is 4.90 Å². The third-order valence-electron chi connectivity index (χ3n) is 2.16. The Morgan fingerprint density at radius 3 is 2.53 bits per heavy atom. The Morgan fingerprint density at radius 1 is 1.33 bits per heavy atom. The van der Waals surface area contributed by atoms with Crippen molar-refractivity contribution in [2.24, 2.45) is 0 Å². The first-order chi connectivity index (χ1) is 7.09. The zero-order chi connectivity index (χ0) is 11.3. The van der Waals surface area contributed by atoms with Gasteiger partial charge in [-0.1, -0.05) is 22.0 Å². The Morgan fingerprint density at radius 2 is 2.00 bits per heavy atom. The van der Waals surface area contributed by atoms with Crippen molar-refractivity contribution >= 4 is 27.7 Å². The van der Waals surface area contributed by atoms with E-state index in [9.17, 15) is 0 Å². The van der Waals surface area contributed by atoms with Crippen molar-refractivity contribution in [1.82, 2.24) is 0 Å². The van der Waals surface area contributed by atoms with E-state index in [2.05, 4.69) is 28.1 Å². The molecule has 0 N–H and O–H groups in total. The molecule has 1 aromatic rings. The molecule has 0 fully saturated rings. The molecule has 0 saturated carbocycles. The van der Waals surface area contributed by atoms with Crippen LogP contribution in [0.25, 0.3) is 0 Å². The molecule has 0 aliphatic rings. The number of halogens is 1. The summed E-state index contributed by atoms with van der Waals surface area (Å²) in [5.41, 5.74) is 0. The van der Waals surface area contributed by atoms with Crippen molar-refractivity contribution in [3.05, 3.63) is 28.7 Å². The van der Waals surface area contributed by atoms with Crippen LogP contribution in [0.5, 0.6) is 0 Å². The molecule has 0 aromatic heterocycles. The van der Waals surface area contributed by atoms with Gasteiger partial charge < -0.3 is 9.47 Å². The molecule has 0 heterocycles. The van der Waals surface area contributed by atoms with E-state index in [1.807, 2.05) is 19.1 Å². The van der Waals surface area contributed by atoms with Crippen LogP contribution in [0.1, 0.15) is 6.92 Å². The second-order valence-corrected chi connectivity index (χ2v) is 5.25. The molecule has 84 valence electrons. The Labute approximate surface area is 103 Å². The van der Waals surface area contributed by atoms with Crippen molar-refractivity contribution in [3.8, 4) is 0 Å². The zero-order valence-corrected chi connectivity index (χ0v) is 11.5. The first-order valence-corrected chi connectivity index (χ1v) is 6.36. The summed E-state index contributed by atoms with van der Waals surface area (Å²) in [5, 5.41) is 0. The van der Waals surface area contributed by atoms with Crippen molar-refractivity contribution in [1.29, 1.82) is 0 Å². The average Bonchev–Trinajstić information content (AvgIpc) is 2.26. The monoisotopic (exact) mass is 290 g/mol. The Balaban J connectivity index is 2.56. The number of hydrogen-bond acceptors (Lipinski definition) is 3. The molecule has 0 amide bonds. The van der Waals surface area contributed by atoms with Crippen LogP contribution < -0.4 is 0 Å². The fourth-order valence-corrected chi connectivity index (χ4v) is 2.57. The third-order valence-corrected chi connectivity index (χ3v) is 3.91. The molecular weight excluding hydrogens is 276 g/mol. The van der Waals surface area contributed by atoms with Crippen LogP contribution in [0.3, 0.4) is 0 Å². The van der Waals surface area contributed by atoms with E-state index < -0.39 is 5.79 Å². The SMILES string of the molecule is COC(C)(CSc1cccc(Br)c1)OC. The van der Waals surface area contributed by atoms with Crippen LogP contribution in [-0.2, 0) is 9.47 Å². The van der Waals surface area contributed by atoms with E-state index in [0.717, 1.165) is 10.2 Å². The molecule has 0 spiro atoms. The van der Waals surface area contributed by atoms with E-state index in [1.54, 1.807) is 26.0 Å². The molecule has 1 rings (SSSR count). The average molecular weight is 291 g/mol. The highest BCUT2D eigenvalue weighted by atomic mass is 79.9. The van der Waals surface area contributed by atoms with Crippen LogP contribution in [0, 0.1) is 0 Å². The van der Waals surface area contributed by atoms with Gasteiger partial charge in [0, 0.05) is 23.6 Å². The fourth-order valence-electron chi connectivity index (χ4n) is 0.972. The lowest BCUT2D eigenvalue weighted by Crippen LogP contribution is -2.32. The smallest absolute Gasteiger partial charge is 0.174 e. The predicted octanol–water partition coefficient (Wildman–Crippen LogP) is 3.55. The van der Waals surface area contributed by atoms with Gasteiger partial charge in [-0.05, 0) is 25.1 Å². The van der Waals surface area contributed by atoms with Gasteiger partial charge in [0.25, 0.3) is 0 Å². The number of benzene rings is 1. The number of hydrogen-bond donors (Lipinski definition) is 0. The summed E-state index contributed by atoms with van der Waals surface area (Å²) in [7, 11) is 3.32. The highest BCUT2D eigenvalue weighted by molar-refractivity contribution is 9.10. The van der Waals surface area contributed by atoms with Crippen molar-refractivity contribution < 1.29 is 9.47 Å². The maximum absolute atomic E-state index is 5.28. The summed E-state index contributed by atoms with van der Waals surface area (Å²) in [6.07, 6.45) is 0. The van der Waals surface area contributed by atoms with Gasteiger partial charge in [0.1, 0.15) is 0 Å². The lowest BCUT2D eigenvalue weighted by molar-refractivity contribution is -0.175. The number of methoxy groups -OCH3 is 2. The maximum atomic E-state index is 5.28. The molecule has 0 bridgehead atoms. The van der Waals surface area contributed by atoms with Gasteiger partial charge in [0.2, 0.25) is 0 Å². The number of ether oxygens (including phenoxy) is 2. The molecule has 0 aliphatic heterocycles. The molecule has 0 saturated heterocycles. The van der Waals surface area contributed by atoms with Gasteiger partial charge >= 0.3 is 0 Å². The summed E-state index contributed by atoms with van der Waals surface area (Å²) in [6, 6.07) is 8.18. The summed E-state index contributed by atoms with van der Waals surface area (Å²) >= 11 is 5.15. The first-order valence-electron chi connectivity index (χ1n) is 4.58. The summed E-state index contributed by atoms with van der Waals surface area (Å²) in [5.74, 6) is 0.240. The molecular formula is C11H15BrO2S. The number of rotatable bonds is 5. The largest absolute Gasteiger partial charge is 0.353 e. The van der Waals surface area contributed by atoms with Crippen LogP contribution in [0.15, 0.2) is 33.6 Å². The Bertz CT molecular complexity index is 313. The van der Waals surface area contributed by atoms with E-state index in [0.29, 0.717) is 0 Å². The van der Waals surface area contributed by atoms with Gasteiger partial charge in [-0.15, -0.1) is 11.8 Å². The molecule has 4 heteroatoms. The minimum Gasteiger partial charge on any atom is -0.353 e. The summed E-state index contributed by atoms with van der Waals surface area (Å²) in [6.45, 7) is 1.93. The van der Waals surface area contributed by atoms with E-state index in [4.69, 9.17) is 9.47 Å². The maximum Gasteiger partial charge on any atom is 0.174 e. The van der Waals surface area contributed by atoms with Gasteiger partial charge in [-0.2, -0.15) is 0 Å². The molecule has 0 aliphatic carbocycles. The molecule has 1 aromatic carbocycles.